The summed E-state index contributed by atoms with van der Waals surface area (Å²) in [7, 11) is 0. The number of hydrogen-bond donors (Lipinski definition) is 2. The lowest BCUT2D eigenvalue weighted by Gasteiger charge is -2.22. The van der Waals surface area contributed by atoms with Gasteiger partial charge in [-0.05, 0) is 37.2 Å². The van der Waals surface area contributed by atoms with Crippen LogP contribution >= 0.6 is 11.3 Å². The SMILES string of the molecule is Nc1nc(N[C@@H]2CC3CCC2C3)sc1C(=O)c1ccccc1[N+](=O)[O-]. The fourth-order valence-corrected chi connectivity index (χ4v) is 4.98. The van der Waals surface area contributed by atoms with Crippen LogP contribution in [-0.2, 0) is 0 Å². The van der Waals surface area contributed by atoms with E-state index in [1.165, 1.54) is 48.8 Å². The summed E-state index contributed by atoms with van der Waals surface area (Å²) < 4.78 is 0. The average molecular weight is 358 g/mol. The number of carbonyl (C=O) groups excluding carboxylic acids is 1. The Bertz CT molecular complexity index is 850. The lowest BCUT2D eigenvalue weighted by atomic mass is 9.96. The lowest BCUT2D eigenvalue weighted by molar-refractivity contribution is -0.385. The topological polar surface area (TPSA) is 111 Å². The van der Waals surface area contributed by atoms with Gasteiger partial charge in [0.1, 0.15) is 16.3 Å². The number of carbonyl (C=O) groups is 1. The Balaban J connectivity index is 1.58. The molecule has 0 amide bonds. The zero-order valence-electron chi connectivity index (χ0n) is 13.5. The van der Waals surface area contributed by atoms with Gasteiger partial charge >= 0.3 is 0 Å². The van der Waals surface area contributed by atoms with Crippen molar-refractivity contribution in [1.29, 1.82) is 0 Å². The van der Waals surface area contributed by atoms with E-state index in [4.69, 9.17) is 5.73 Å². The van der Waals surface area contributed by atoms with Gasteiger partial charge in [0, 0.05) is 12.1 Å². The maximum atomic E-state index is 12.7. The number of para-hydroxylation sites is 1. The quantitative estimate of drug-likeness (QED) is 0.481. The van der Waals surface area contributed by atoms with Crippen molar-refractivity contribution in [3.63, 3.8) is 0 Å². The van der Waals surface area contributed by atoms with Gasteiger partial charge in [0.15, 0.2) is 5.13 Å². The van der Waals surface area contributed by atoms with Crippen LogP contribution in [0.5, 0.6) is 0 Å². The smallest absolute Gasteiger partial charge is 0.280 e. The van der Waals surface area contributed by atoms with Gasteiger partial charge in [0.05, 0.1) is 4.92 Å². The van der Waals surface area contributed by atoms with Crippen molar-refractivity contribution < 1.29 is 9.72 Å². The Morgan fingerprint density at radius 3 is 2.80 bits per heavy atom. The zero-order chi connectivity index (χ0) is 17.6. The third-order valence-electron chi connectivity index (χ3n) is 5.25. The van der Waals surface area contributed by atoms with Crippen molar-refractivity contribution in [2.24, 2.45) is 11.8 Å². The molecule has 25 heavy (non-hydrogen) atoms. The highest BCUT2D eigenvalue weighted by Crippen LogP contribution is 2.46. The van der Waals surface area contributed by atoms with Crippen LogP contribution in [0.3, 0.4) is 0 Å². The minimum absolute atomic E-state index is 0.0364. The molecule has 8 heteroatoms. The molecule has 0 radical (unpaired) electrons. The summed E-state index contributed by atoms with van der Waals surface area (Å²) in [5.41, 5.74) is 5.74. The number of thiazole rings is 1. The van der Waals surface area contributed by atoms with Crippen LogP contribution in [0.1, 0.15) is 40.9 Å². The highest BCUT2D eigenvalue weighted by molar-refractivity contribution is 7.18. The van der Waals surface area contributed by atoms with Gasteiger partial charge in [0.25, 0.3) is 5.69 Å². The summed E-state index contributed by atoms with van der Waals surface area (Å²) in [5, 5.41) is 15.2. The molecule has 0 aliphatic heterocycles. The van der Waals surface area contributed by atoms with E-state index in [1.807, 2.05) is 0 Å². The van der Waals surface area contributed by atoms with Gasteiger partial charge in [-0.15, -0.1) is 0 Å². The molecule has 0 spiro atoms. The number of fused-ring (bicyclic) bond motifs is 2. The molecule has 130 valence electrons. The number of nitro groups is 1. The molecule has 2 aliphatic rings. The number of nitrogens with one attached hydrogen (secondary N) is 1. The van der Waals surface area contributed by atoms with Crippen molar-refractivity contribution in [2.75, 3.05) is 11.1 Å². The van der Waals surface area contributed by atoms with Crippen molar-refractivity contribution in [1.82, 2.24) is 4.98 Å². The van der Waals surface area contributed by atoms with Crippen LogP contribution in [0.15, 0.2) is 24.3 Å². The summed E-state index contributed by atoms with van der Waals surface area (Å²) in [6.45, 7) is 0. The molecule has 1 aromatic carbocycles. The molecule has 2 aromatic rings. The second-order valence-corrected chi connectivity index (χ2v) is 7.76. The fraction of sp³-hybridized carbons (Fsp3) is 0.412. The average Bonchev–Trinajstić information content (AvgIpc) is 3.30. The molecule has 2 bridgehead atoms. The summed E-state index contributed by atoms with van der Waals surface area (Å²) in [4.78, 5) is 27.8. The van der Waals surface area contributed by atoms with E-state index in [9.17, 15) is 14.9 Å². The first-order valence-electron chi connectivity index (χ1n) is 8.34. The van der Waals surface area contributed by atoms with Gasteiger partial charge < -0.3 is 11.1 Å². The van der Waals surface area contributed by atoms with Crippen LogP contribution in [0.4, 0.5) is 16.6 Å². The predicted octanol–water partition coefficient (Wildman–Crippen LogP) is 3.47. The molecule has 1 heterocycles. The molecule has 4 rings (SSSR count). The molecule has 2 saturated carbocycles. The Labute approximate surface area is 148 Å². The first kappa shape index (κ1) is 16.0. The Morgan fingerprint density at radius 1 is 1.32 bits per heavy atom. The van der Waals surface area contributed by atoms with Crippen molar-refractivity contribution in [3.8, 4) is 0 Å². The third-order valence-corrected chi connectivity index (χ3v) is 6.25. The number of rotatable bonds is 5. The second-order valence-electron chi connectivity index (χ2n) is 6.76. The molecule has 2 fully saturated rings. The number of aromatic nitrogens is 1. The molecule has 2 aliphatic carbocycles. The van der Waals surface area contributed by atoms with Crippen LogP contribution in [-0.4, -0.2) is 21.7 Å². The molecule has 2 unspecified atom stereocenters. The highest BCUT2D eigenvalue weighted by atomic mass is 32.1. The van der Waals surface area contributed by atoms with Crippen LogP contribution in [0, 0.1) is 22.0 Å². The Kier molecular flexibility index (Phi) is 3.91. The standard InChI is InChI=1S/C17H18N4O3S/c18-16-15(14(22)11-3-1-2-4-13(11)21(23)24)25-17(20-16)19-12-8-9-5-6-10(12)7-9/h1-4,9-10,12H,5-8,18H2,(H,19,20)/t9?,10?,12-/m1/s1. The van der Waals surface area contributed by atoms with E-state index in [0.717, 1.165) is 12.3 Å². The number of nitrogen functional groups attached to an aromatic ring is 1. The number of benzene rings is 1. The molecule has 7 nitrogen and oxygen atoms in total. The highest BCUT2D eigenvalue weighted by Gasteiger charge is 2.40. The predicted molar refractivity (Wildman–Crippen MR) is 95.9 cm³/mol. The van der Waals surface area contributed by atoms with Gasteiger partial charge in [-0.25, -0.2) is 4.98 Å². The summed E-state index contributed by atoms with van der Waals surface area (Å²) in [6, 6.07) is 6.29. The maximum absolute atomic E-state index is 12.7. The van der Waals surface area contributed by atoms with Crippen molar-refractivity contribution >= 4 is 33.8 Å². The fourth-order valence-electron chi connectivity index (χ4n) is 4.08. The normalized spacial score (nSPS) is 24.4. The van der Waals surface area contributed by atoms with Crippen molar-refractivity contribution in [2.45, 2.75) is 31.7 Å². The molecular formula is C17H18N4O3S. The van der Waals surface area contributed by atoms with Crippen LogP contribution in [0.25, 0.3) is 0 Å². The molecule has 0 saturated heterocycles. The van der Waals surface area contributed by atoms with Crippen LogP contribution < -0.4 is 11.1 Å². The van der Waals surface area contributed by atoms with E-state index >= 15 is 0 Å². The Hall–Kier alpha value is -2.48. The van der Waals surface area contributed by atoms with E-state index in [-0.39, 0.29) is 21.9 Å². The van der Waals surface area contributed by atoms with Crippen LogP contribution in [0.2, 0.25) is 0 Å². The minimum Gasteiger partial charge on any atom is -0.382 e. The van der Waals surface area contributed by atoms with E-state index in [0.29, 0.717) is 17.1 Å². The first-order chi connectivity index (χ1) is 12.0. The third kappa shape index (κ3) is 2.86. The van der Waals surface area contributed by atoms with E-state index in [2.05, 4.69) is 10.3 Å². The number of nitro benzene ring substituents is 1. The van der Waals surface area contributed by atoms with Gasteiger partial charge in [0.2, 0.25) is 5.78 Å². The van der Waals surface area contributed by atoms with Gasteiger partial charge in [-0.1, -0.05) is 29.9 Å². The van der Waals surface area contributed by atoms with Gasteiger partial charge in [-0.3, -0.25) is 14.9 Å². The Morgan fingerprint density at radius 2 is 2.12 bits per heavy atom. The lowest BCUT2D eigenvalue weighted by Crippen LogP contribution is -2.25. The molecule has 3 atom stereocenters. The monoisotopic (exact) mass is 358 g/mol. The minimum atomic E-state index is -0.557. The van der Waals surface area contributed by atoms with Gasteiger partial charge in [-0.2, -0.15) is 0 Å². The first-order valence-corrected chi connectivity index (χ1v) is 9.15. The number of nitrogens with zero attached hydrogens (tertiary/aromatic N) is 2. The molecule has 3 N–H and O–H groups in total. The van der Waals surface area contributed by atoms with Crippen molar-refractivity contribution in [3.05, 3.63) is 44.8 Å². The number of anilines is 2. The molecular weight excluding hydrogens is 340 g/mol. The zero-order valence-corrected chi connectivity index (χ0v) is 14.3. The summed E-state index contributed by atoms with van der Waals surface area (Å²) >= 11 is 1.18. The molecule has 1 aromatic heterocycles. The number of nitrogens with two attached hydrogens (primary N) is 1. The second kappa shape index (κ2) is 6.11. The maximum Gasteiger partial charge on any atom is 0.280 e. The number of hydrogen-bond acceptors (Lipinski definition) is 7. The summed E-state index contributed by atoms with van der Waals surface area (Å²) in [5.74, 6) is 1.14. The van der Waals surface area contributed by atoms with E-state index in [1.54, 1.807) is 6.07 Å². The summed E-state index contributed by atoms with van der Waals surface area (Å²) in [6.07, 6.45) is 4.95. The number of ketones is 1. The largest absolute Gasteiger partial charge is 0.382 e. The van der Waals surface area contributed by atoms with E-state index < -0.39 is 10.7 Å².